The van der Waals surface area contributed by atoms with Crippen LogP contribution in [0.15, 0.2) is 24.3 Å². The standard InChI is InChI=1S/C14H15FN2O2S/c1-14(2,3)19-13(18)12-10(16)11(17-20-12)8-6-4-5-7-9(8)15/h4-7H,16H2,1-3H3. The number of anilines is 1. The molecule has 6 heteroatoms. The number of esters is 1. The third-order valence-corrected chi connectivity index (χ3v) is 3.28. The Hall–Kier alpha value is -1.95. The van der Waals surface area contributed by atoms with Gasteiger partial charge in [-0.25, -0.2) is 9.18 Å². The monoisotopic (exact) mass is 294 g/mol. The van der Waals surface area contributed by atoms with Crippen LogP contribution in [0, 0.1) is 5.82 Å². The lowest BCUT2D eigenvalue weighted by Gasteiger charge is -2.18. The highest BCUT2D eigenvalue weighted by Gasteiger charge is 2.25. The number of hydrogen-bond donors (Lipinski definition) is 1. The van der Waals surface area contributed by atoms with Crippen molar-refractivity contribution in [1.82, 2.24) is 4.37 Å². The molecule has 0 radical (unpaired) electrons. The van der Waals surface area contributed by atoms with Crippen LogP contribution < -0.4 is 5.73 Å². The number of nitrogen functional groups attached to an aromatic ring is 1. The summed E-state index contributed by atoms with van der Waals surface area (Å²) in [6.45, 7) is 5.29. The number of ether oxygens (including phenoxy) is 1. The van der Waals surface area contributed by atoms with Crippen molar-refractivity contribution in [2.24, 2.45) is 0 Å². The first-order chi connectivity index (χ1) is 9.29. The Balaban J connectivity index is 2.38. The van der Waals surface area contributed by atoms with E-state index >= 15 is 0 Å². The van der Waals surface area contributed by atoms with Gasteiger partial charge < -0.3 is 10.5 Å². The van der Waals surface area contributed by atoms with Crippen molar-refractivity contribution < 1.29 is 13.9 Å². The number of rotatable bonds is 2. The zero-order valence-electron chi connectivity index (χ0n) is 11.4. The molecule has 0 aliphatic rings. The van der Waals surface area contributed by atoms with Crippen molar-refractivity contribution in [3.05, 3.63) is 35.0 Å². The summed E-state index contributed by atoms with van der Waals surface area (Å²) in [6, 6.07) is 6.15. The molecule has 0 bridgehead atoms. The van der Waals surface area contributed by atoms with Gasteiger partial charge in [-0.2, -0.15) is 4.37 Å². The molecular weight excluding hydrogens is 279 g/mol. The topological polar surface area (TPSA) is 65.2 Å². The fraction of sp³-hybridized carbons (Fsp3) is 0.286. The van der Waals surface area contributed by atoms with Gasteiger partial charge in [0, 0.05) is 5.56 Å². The van der Waals surface area contributed by atoms with Crippen molar-refractivity contribution in [2.45, 2.75) is 26.4 Å². The van der Waals surface area contributed by atoms with E-state index < -0.39 is 17.4 Å². The van der Waals surface area contributed by atoms with E-state index in [4.69, 9.17) is 10.5 Å². The Bertz CT molecular complexity index is 647. The summed E-state index contributed by atoms with van der Waals surface area (Å²) in [5, 5.41) is 0. The van der Waals surface area contributed by atoms with Gasteiger partial charge in [0.1, 0.15) is 17.1 Å². The molecule has 0 saturated carbocycles. The van der Waals surface area contributed by atoms with E-state index in [0.717, 1.165) is 11.5 Å². The lowest BCUT2D eigenvalue weighted by Crippen LogP contribution is -2.23. The summed E-state index contributed by atoms with van der Waals surface area (Å²) in [4.78, 5) is 12.2. The second kappa shape index (κ2) is 5.20. The van der Waals surface area contributed by atoms with Gasteiger partial charge in [0.2, 0.25) is 0 Å². The number of halogens is 1. The van der Waals surface area contributed by atoms with Gasteiger partial charge in [-0.1, -0.05) is 12.1 Å². The maximum Gasteiger partial charge on any atom is 0.352 e. The van der Waals surface area contributed by atoms with E-state index in [-0.39, 0.29) is 21.8 Å². The third kappa shape index (κ3) is 2.96. The molecule has 0 atom stereocenters. The number of carbonyl (C=O) groups is 1. The van der Waals surface area contributed by atoms with Crippen LogP contribution in [0.1, 0.15) is 30.4 Å². The minimum Gasteiger partial charge on any atom is -0.456 e. The lowest BCUT2D eigenvalue weighted by molar-refractivity contribution is 0.00764. The smallest absolute Gasteiger partial charge is 0.352 e. The van der Waals surface area contributed by atoms with Crippen molar-refractivity contribution in [3.8, 4) is 11.3 Å². The molecule has 20 heavy (non-hydrogen) atoms. The van der Waals surface area contributed by atoms with Crippen LogP contribution in [0.25, 0.3) is 11.3 Å². The summed E-state index contributed by atoms with van der Waals surface area (Å²) >= 11 is 0.912. The first-order valence-electron chi connectivity index (χ1n) is 6.03. The van der Waals surface area contributed by atoms with Gasteiger partial charge in [-0.3, -0.25) is 0 Å². The van der Waals surface area contributed by atoms with Crippen LogP contribution in [-0.4, -0.2) is 15.9 Å². The molecule has 0 spiro atoms. The van der Waals surface area contributed by atoms with Gasteiger partial charge in [-0.05, 0) is 44.4 Å². The first-order valence-corrected chi connectivity index (χ1v) is 6.80. The Labute approximate surface area is 120 Å². The predicted molar refractivity (Wildman–Crippen MR) is 77.1 cm³/mol. The number of carbonyl (C=O) groups excluding carboxylic acids is 1. The molecule has 0 saturated heterocycles. The normalized spacial score (nSPS) is 11.4. The fourth-order valence-corrected chi connectivity index (χ4v) is 2.31. The highest BCUT2D eigenvalue weighted by atomic mass is 32.1. The van der Waals surface area contributed by atoms with E-state index in [1.807, 2.05) is 0 Å². The highest BCUT2D eigenvalue weighted by molar-refractivity contribution is 7.09. The van der Waals surface area contributed by atoms with Crippen molar-refractivity contribution in [2.75, 3.05) is 5.73 Å². The van der Waals surface area contributed by atoms with Crippen LogP contribution in [0.3, 0.4) is 0 Å². The molecule has 106 valence electrons. The molecule has 2 N–H and O–H groups in total. The Morgan fingerprint density at radius 1 is 1.35 bits per heavy atom. The van der Waals surface area contributed by atoms with Crippen LogP contribution in [-0.2, 0) is 4.74 Å². The third-order valence-electron chi connectivity index (χ3n) is 2.44. The number of benzene rings is 1. The van der Waals surface area contributed by atoms with Crippen LogP contribution >= 0.6 is 11.5 Å². The second-order valence-electron chi connectivity index (χ2n) is 5.26. The first kappa shape index (κ1) is 14.5. The molecule has 2 rings (SSSR count). The molecule has 0 aliphatic heterocycles. The molecule has 0 amide bonds. The number of aromatic nitrogens is 1. The molecule has 1 heterocycles. The van der Waals surface area contributed by atoms with E-state index in [0.29, 0.717) is 0 Å². The quantitative estimate of drug-likeness (QED) is 0.861. The zero-order valence-corrected chi connectivity index (χ0v) is 12.3. The van der Waals surface area contributed by atoms with Gasteiger partial charge in [0.05, 0.1) is 5.69 Å². The maximum absolute atomic E-state index is 13.7. The summed E-state index contributed by atoms with van der Waals surface area (Å²) in [5.41, 5.74) is 5.98. The van der Waals surface area contributed by atoms with Gasteiger partial charge in [0.15, 0.2) is 4.88 Å². The molecule has 0 aliphatic carbocycles. The van der Waals surface area contributed by atoms with E-state index in [1.54, 1.807) is 39.0 Å². The van der Waals surface area contributed by atoms with E-state index in [9.17, 15) is 9.18 Å². The number of nitrogens with zero attached hydrogens (tertiary/aromatic N) is 1. The fourth-order valence-electron chi connectivity index (χ4n) is 1.62. The molecule has 0 fully saturated rings. The minimum atomic E-state index is -0.619. The van der Waals surface area contributed by atoms with E-state index in [2.05, 4.69) is 4.37 Å². The summed E-state index contributed by atoms with van der Waals surface area (Å²) in [6.07, 6.45) is 0. The lowest BCUT2D eigenvalue weighted by atomic mass is 10.1. The van der Waals surface area contributed by atoms with Gasteiger partial charge in [0.25, 0.3) is 0 Å². The van der Waals surface area contributed by atoms with Gasteiger partial charge in [-0.15, -0.1) is 0 Å². The largest absolute Gasteiger partial charge is 0.456 e. The Morgan fingerprint density at radius 3 is 2.60 bits per heavy atom. The summed E-state index contributed by atoms with van der Waals surface area (Å²) in [7, 11) is 0. The van der Waals surface area contributed by atoms with Crippen LogP contribution in [0.2, 0.25) is 0 Å². The maximum atomic E-state index is 13.7. The predicted octanol–water partition coefficient (Wildman–Crippen LogP) is 3.49. The SMILES string of the molecule is CC(C)(C)OC(=O)c1snc(-c2ccccc2F)c1N. The Kier molecular flexibility index (Phi) is 3.76. The summed E-state index contributed by atoms with van der Waals surface area (Å²) < 4.78 is 23.0. The van der Waals surface area contributed by atoms with E-state index in [1.165, 1.54) is 6.07 Å². The van der Waals surface area contributed by atoms with Crippen LogP contribution in [0.5, 0.6) is 0 Å². The van der Waals surface area contributed by atoms with Crippen molar-refractivity contribution in [3.63, 3.8) is 0 Å². The molecule has 2 aromatic rings. The average molecular weight is 294 g/mol. The average Bonchev–Trinajstić information content (AvgIpc) is 2.69. The summed E-state index contributed by atoms with van der Waals surface area (Å²) in [5.74, 6) is -0.977. The molecule has 0 unspecified atom stereocenters. The molecular formula is C14H15FN2O2S. The number of hydrogen-bond acceptors (Lipinski definition) is 5. The second-order valence-corrected chi connectivity index (χ2v) is 6.03. The van der Waals surface area contributed by atoms with Crippen LogP contribution in [0.4, 0.5) is 10.1 Å². The Morgan fingerprint density at radius 2 is 2.00 bits per heavy atom. The minimum absolute atomic E-state index is 0.148. The van der Waals surface area contributed by atoms with Crippen molar-refractivity contribution in [1.29, 1.82) is 0 Å². The molecule has 1 aromatic heterocycles. The molecule has 1 aromatic carbocycles. The zero-order chi connectivity index (χ0) is 14.9. The number of nitrogens with two attached hydrogens (primary N) is 1. The van der Waals surface area contributed by atoms with Gasteiger partial charge >= 0.3 is 5.97 Å². The highest BCUT2D eigenvalue weighted by Crippen LogP contribution is 2.33. The van der Waals surface area contributed by atoms with Crippen molar-refractivity contribution >= 4 is 23.2 Å². The molecule has 4 nitrogen and oxygen atoms in total.